The molecule has 1 aromatic rings. The third-order valence-corrected chi connectivity index (χ3v) is 4.21. The van der Waals surface area contributed by atoms with Crippen molar-refractivity contribution in [2.75, 3.05) is 13.2 Å². The summed E-state index contributed by atoms with van der Waals surface area (Å²) in [4.78, 5) is 10.2. The van der Waals surface area contributed by atoms with Gasteiger partial charge in [-0.15, -0.1) is 0 Å². The molecule has 16 heavy (non-hydrogen) atoms. The second-order valence-corrected chi connectivity index (χ2v) is 5.73. The van der Waals surface area contributed by atoms with E-state index in [1.165, 1.54) is 5.56 Å². The van der Waals surface area contributed by atoms with Gasteiger partial charge in [-0.2, -0.15) is 13.9 Å². The van der Waals surface area contributed by atoms with E-state index in [0.29, 0.717) is 19.4 Å². The molecule has 1 N–H and O–H groups in total. The largest absolute Gasteiger partial charge is 0.413 e. The average molecular weight is 243 g/mol. The first kappa shape index (κ1) is 13.6. The van der Waals surface area contributed by atoms with Crippen LogP contribution in [0.2, 0.25) is 0 Å². The second kappa shape index (κ2) is 6.31. The molecule has 1 rings (SSSR count). The Morgan fingerprint density at radius 3 is 2.31 bits per heavy atom. The van der Waals surface area contributed by atoms with Crippen LogP contribution in [0, 0.1) is 6.92 Å². The van der Waals surface area contributed by atoms with Crippen LogP contribution in [0.3, 0.4) is 0 Å². The van der Waals surface area contributed by atoms with Gasteiger partial charge >= 0.3 is 7.94 Å². The lowest BCUT2D eigenvalue weighted by molar-refractivity contribution is 0.188. The average Bonchev–Trinajstić information content (AvgIpc) is 2.17. The van der Waals surface area contributed by atoms with Gasteiger partial charge in [-0.3, -0.25) is 0 Å². The van der Waals surface area contributed by atoms with Gasteiger partial charge in [0, 0.05) is 0 Å². The molecule has 0 atom stereocenters. The molecule has 90 valence electrons. The standard InChI is InChI=1S/C12H20O3P/c1-4-14-16(13,15-5-2)10-12-8-6-7-11(3)9-12/h6-9,13H,4-5,10H2,1-3H3/q+1. The van der Waals surface area contributed by atoms with Crippen LogP contribution < -0.4 is 0 Å². The summed E-state index contributed by atoms with van der Waals surface area (Å²) in [5, 5.41) is 0. The third-order valence-electron chi connectivity index (χ3n) is 2.13. The van der Waals surface area contributed by atoms with Gasteiger partial charge in [-0.1, -0.05) is 29.8 Å². The Bertz CT molecular complexity index is 322. The quantitative estimate of drug-likeness (QED) is 0.779. The zero-order valence-electron chi connectivity index (χ0n) is 10.1. The molecule has 0 aliphatic rings. The first-order chi connectivity index (χ1) is 7.59. The fraction of sp³-hybridized carbons (Fsp3) is 0.500. The van der Waals surface area contributed by atoms with Gasteiger partial charge in [0.2, 0.25) is 0 Å². The van der Waals surface area contributed by atoms with Crippen LogP contribution in [-0.2, 0) is 15.2 Å². The summed E-state index contributed by atoms with van der Waals surface area (Å²) >= 11 is 0. The Labute approximate surface area is 98.0 Å². The molecular formula is C12H20O3P+. The van der Waals surface area contributed by atoms with Gasteiger partial charge in [0.15, 0.2) is 6.16 Å². The number of hydrogen-bond acceptors (Lipinski definition) is 3. The molecule has 0 radical (unpaired) electrons. The van der Waals surface area contributed by atoms with Gasteiger partial charge in [0.1, 0.15) is 0 Å². The SMILES string of the molecule is CCO[P+](O)(Cc1cccc(C)c1)OCC. The number of benzene rings is 1. The molecule has 0 fully saturated rings. The number of aryl methyl sites for hydroxylation is 1. The first-order valence-corrected chi connectivity index (χ1v) is 7.31. The van der Waals surface area contributed by atoms with Crippen molar-refractivity contribution in [3.8, 4) is 0 Å². The summed E-state index contributed by atoms with van der Waals surface area (Å²) in [6.07, 6.45) is 0.455. The van der Waals surface area contributed by atoms with Crippen LogP contribution in [0.1, 0.15) is 25.0 Å². The van der Waals surface area contributed by atoms with E-state index in [1.54, 1.807) is 0 Å². The topological polar surface area (TPSA) is 38.7 Å². The molecule has 3 nitrogen and oxygen atoms in total. The van der Waals surface area contributed by atoms with E-state index in [1.807, 2.05) is 45.0 Å². The van der Waals surface area contributed by atoms with E-state index in [0.717, 1.165) is 5.56 Å². The van der Waals surface area contributed by atoms with Crippen LogP contribution in [0.4, 0.5) is 0 Å². The molecule has 0 amide bonds. The highest BCUT2D eigenvalue weighted by Gasteiger charge is 2.39. The fourth-order valence-electron chi connectivity index (χ4n) is 1.57. The van der Waals surface area contributed by atoms with Crippen LogP contribution >= 0.6 is 7.94 Å². The zero-order chi connectivity index (χ0) is 12.0. The van der Waals surface area contributed by atoms with Gasteiger partial charge in [0.25, 0.3) is 0 Å². The monoisotopic (exact) mass is 243 g/mol. The van der Waals surface area contributed by atoms with Gasteiger partial charge in [-0.25, -0.2) is 0 Å². The molecule has 0 spiro atoms. The Hall–Kier alpha value is -0.470. The van der Waals surface area contributed by atoms with Gasteiger partial charge < -0.3 is 0 Å². The number of rotatable bonds is 6. The third kappa shape index (κ3) is 4.18. The highest BCUT2D eigenvalue weighted by molar-refractivity contribution is 7.59. The molecule has 0 aliphatic carbocycles. The Balaban J connectivity index is 2.74. The van der Waals surface area contributed by atoms with Crippen molar-refractivity contribution in [1.29, 1.82) is 0 Å². The Morgan fingerprint density at radius 1 is 1.19 bits per heavy atom. The minimum Gasteiger partial charge on any atom is -0.192 e. The smallest absolute Gasteiger partial charge is 0.192 e. The van der Waals surface area contributed by atoms with Crippen LogP contribution in [0.15, 0.2) is 24.3 Å². The lowest BCUT2D eigenvalue weighted by atomic mass is 10.2. The van der Waals surface area contributed by atoms with E-state index < -0.39 is 7.94 Å². The van der Waals surface area contributed by atoms with Gasteiger partial charge in [0.05, 0.1) is 13.2 Å². The van der Waals surface area contributed by atoms with Gasteiger partial charge in [-0.05, 0) is 26.3 Å². The van der Waals surface area contributed by atoms with E-state index in [-0.39, 0.29) is 0 Å². The molecule has 4 heteroatoms. The maximum Gasteiger partial charge on any atom is 0.413 e. The Morgan fingerprint density at radius 2 is 1.81 bits per heavy atom. The molecule has 1 aromatic carbocycles. The molecule has 0 heterocycles. The lowest BCUT2D eigenvalue weighted by Crippen LogP contribution is -2.05. The Kier molecular flexibility index (Phi) is 5.36. The summed E-state index contributed by atoms with van der Waals surface area (Å²) in [5.74, 6) is 0. The maximum absolute atomic E-state index is 10.2. The molecule has 0 bridgehead atoms. The fourth-order valence-corrected chi connectivity index (χ4v) is 3.30. The highest BCUT2D eigenvalue weighted by Crippen LogP contribution is 2.59. The number of hydrogen-bond donors (Lipinski definition) is 1. The summed E-state index contributed by atoms with van der Waals surface area (Å²) in [6.45, 7) is 6.69. The lowest BCUT2D eigenvalue weighted by Gasteiger charge is -2.15. The molecule has 0 unspecified atom stereocenters. The van der Waals surface area contributed by atoms with Crippen molar-refractivity contribution >= 4 is 7.94 Å². The van der Waals surface area contributed by atoms with Crippen LogP contribution in [-0.4, -0.2) is 18.1 Å². The van der Waals surface area contributed by atoms with E-state index >= 15 is 0 Å². The summed E-state index contributed by atoms with van der Waals surface area (Å²) in [7, 11) is -2.71. The van der Waals surface area contributed by atoms with Crippen LogP contribution in [0.25, 0.3) is 0 Å². The van der Waals surface area contributed by atoms with Crippen molar-refractivity contribution in [3.63, 3.8) is 0 Å². The molecule has 0 saturated heterocycles. The summed E-state index contributed by atoms with van der Waals surface area (Å²) in [6, 6.07) is 8.04. The van der Waals surface area contributed by atoms with Crippen LogP contribution in [0.5, 0.6) is 0 Å². The molecule has 0 aromatic heterocycles. The minimum atomic E-state index is -2.71. The zero-order valence-corrected chi connectivity index (χ0v) is 11.0. The van der Waals surface area contributed by atoms with Crippen molar-refractivity contribution in [1.82, 2.24) is 0 Å². The van der Waals surface area contributed by atoms with Crippen molar-refractivity contribution in [2.45, 2.75) is 26.9 Å². The normalized spacial score (nSPS) is 11.8. The van der Waals surface area contributed by atoms with Crippen molar-refractivity contribution < 1.29 is 13.9 Å². The molecule has 0 saturated carbocycles. The van der Waals surface area contributed by atoms with Crippen molar-refractivity contribution in [3.05, 3.63) is 35.4 Å². The van der Waals surface area contributed by atoms with E-state index in [4.69, 9.17) is 9.05 Å². The molecular weight excluding hydrogens is 223 g/mol. The minimum absolute atomic E-state index is 0.455. The molecule has 0 aliphatic heterocycles. The first-order valence-electron chi connectivity index (χ1n) is 5.55. The van der Waals surface area contributed by atoms with Crippen molar-refractivity contribution in [2.24, 2.45) is 0 Å². The second-order valence-electron chi connectivity index (χ2n) is 3.62. The predicted octanol–water partition coefficient (Wildman–Crippen LogP) is 3.32. The summed E-state index contributed by atoms with van der Waals surface area (Å²) < 4.78 is 10.7. The summed E-state index contributed by atoms with van der Waals surface area (Å²) in [5.41, 5.74) is 2.23. The van der Waals surface area contributed by atoms with E-state index in [9.17, 15) is 4.89 Å². The van der Waals surface area contributed by atoms with E-state index in [2.05, 4.69) is 0 Å². The highest BCUT2D eigenvalue weighted by atomic mass is 31.2. The predicted molar refractivity (Wildman–Crippen MR) is 67.3 cm³/mol. The maximum atomic E-state index is 10.2.